The number of aromatic nitrogens is 2. The Morgan fingerprint density at radius 3 is 2.52 bits per heavy atom. The predicted octanol–water partition coefficient (Wildman–Crippen LogP) is 3.00. The molecule has 2 atom stereocenters. The highest BCUT2D eigenvalue weighted by molar-refractivity contribution is 5.86. The fraction of sp³-hybridized carbons (Fsp3) is 0.478. The lowest BCUT2D eigenvalue weighted by atomic mass is 10.0. The smallest absolute Gasteiger partial charge is 0.410 e. The quantitative estimate of drug-likeness (QED) is 0.762. The first kappa shape index (κ1) is 22.7. The van der Waals surface area contributed by atoms with E-state index in [0.717, 1.165) is 28.9 Å². The van der Waals surface area contributed by atoms with Crippen LogP contribution in [0, 0.1) is 6.92 Å². The Kier molecular flexibility index (Phi) is 6.90. The lowest BCUT2D eigenvalue weighted by molar-refractivity contribution is -0.126. The molecule has 8 heteroatoms. The van der Waals surface area contributed by atoms with Gasteiger partial charge in [-0.05, 0) is 46.1 Å². The van der Waals surface area contributed by atoms with Crippen LogP contribution in [0.5, 0.6) is 0 Å². The number of likely N-dealkylation sites (tertiary alicyclic amines) is 1. The molecule has 2 unspecified atom stereocenters. The first-order valence-electron chi connectivity index (χ1n) is 10.5. The molecule has 1 aromatic heterocycles. The van der Waals surface area contributed by atoms with Crippen molar-refractivity contribution in [3.05, 3.63) is 47.9 Å². The van der Waals surface area contributed by atoms with Gasteiger partial charge in [-0.25, -0.2) is 4.79 Å². The normalized spacial score (nSPS) is 17.3. The Balaban J connectivity index is 1.69. The van der Waals surface area contributed by atoms with Crippen LogP contribution in [0.25, 0.3) is 11.3 Å². The van der Waals surface area contributed by atoms with Crippen molar-refractivity contribution in [3.8, 4) is 11.3 Å². The lowest BCUT2D eigenvalue weighted by Crippen LogP contribution is -2.48. The molecule has 2 N–H and O–H groups in total. The van der Waals surface area contributed by atoms with Gasteiger partial charge in [0.15, 0.2) is 0 Å². The highest BCUT2D eigenvalue weighted by Gasteiger charge is 2.37. The summed E-state index contributed by atoms with van der Waals surface area (Å²) < 4.78 is 5.43. The van der Waals surface area contributed by atoms with E-state index < -0.39 is 23.8 Å². The molecule has 1 saturated heterocycles. The molecule has 31 heavy (non-hydrogen) atoms. The summed E-state index contributed by atoms with van der Waals surface area (Å²) in [6, 6.07) is 6.31. The zero-order valence-electron chi connectivity index (χ0n) is 18.5. The minimum absolute atomic E-state index is 0.256. The summed E-state index contributed by atoms with van der Waals surface area (Å²) in [5.41, 5.74) is 2.66. The molecule has 0 bridgehead atoms. The van der Waals surface area contributed by atoms with Gasteiger partial charge in [0.25, 0.3) is 0 Å². The number of aliphatic hydroxyl groups excluding tert-OH is 1. The van der Waals surface area contributed by atoms with Gasteiger partial charge in [0.1, 0.15) is 11.6 Å². The van der Waals surface area contributed by atoms with E-state index in [2.05, 4.69) is 15.3 Å². The first-order valence-corrected chi connectivity index (χ1v) is 10.5. The predicted molar refractivity (Wildman–Crippen MR) is 116 cm³/mol. The number of aryl methyl sites for hydroxylation is 1. The van der Waals surface area contributed by atoms with Crippen molar-refractivity contribution in [1.29, 1.82) is 0 Å². The van der Waals surface area contributed by atoms with Gasteiger partial charge in [-0.3, -0.25) is 19.7 Å². The number of benzene rings is 1. The molecule has 0 spiro atoms. The van der Waals surface area contributed by atoms with E-state index in [1.54, 1.807) is 33.2 Å². The van der Waals surface area contributed by atoms with E-state index in [4.69, 9.17) is 4.74 Å². The second-order valence-corrected chi connectivity index (χ2v) is 8.69. The van der Waals surface area contributed by atoms with Gasteiger partial charge in [0, 0.05) is 24.5 Å². The zero-order chi connectivity index (χ0) is 22.6. The third-order valence-corrected chi connectivity index (χ3v) is 5.15. The van der Waals surface area contributed by atoms with Crippen molar-refractivity contribution in [2.24, 2.45) is 0 Å². The largest absolute Gasteiger partial charge is 0.444 e. The number of carbonyl (C=O) groups is 2. The second kappa shape index (κ2) is 9.43. The molecule has 1 aliphatic rings. The highest BCUT2D eigenvalue weighted by Crippen LogP contribution is 2.24. The van der Waals surface area contributed by atoms with Crippen molar-refractivity contribution >= 4 is 12.0 Å². The Labute approximate surface area is 182 Å². The zero-order valence-corrected chi connectivity index (χ0v) is 18.5. The van der Waals surface area contributed by atoms with E-state index in [1.807, 2.05) is 31.2 Å². The van der Waals surface area contributed by atoms with Crippen LogP contribution in [0.4, 0.5) is 4.79 Å². The standard InChI is InChI=1S/C23H30N4O4/c1-15-20(25-12-11-24-15)17-9-7-16(8-10-17)18(14-28)26-21(29)19-6-5-13-27(19)22(30)31-23(2,3)4/h7-12,18-19,28H,5-6,13-14H2,1-4H3,(H,26,29). The number of hydrogen-bond donors (Lipinski definition) is 2. The van der Waals surface area contributed by atoms with Gasteiger partial charge in [0.05, 0.1) is 24.0 Å². The topological polar surface area (TPSA) is 105 Å². The monoisotopic (exact) mass is 426 g/mol. The van der Waals surface area contributed by atoms with Crippen molar-refractivity contribution < 1.29 is 19.4 Å². The van der Waals surface area contributed by atoms with Crippen LogP contribution in [0.15, 0.2) is 36.7 Å². The molecule has 0 saturated carbocycles. The van der Waals surface area contributed by atoms with Gasteiger partial charge in [0.2, 0.25) is 5.91 Å². The van der Waals surface area contributed by atoms with Crippen molar-refractivity contribution in [1.82, 2.24) is 20.2 Å². The van der Waals surface area contributed by atoms with Crippen LogP contribution >= 0.6 is 0 Å². The van der Waals surface area contributed by atoms with Crippen molar-refractivity contribution in [2.75, 3.05) is 13.2 Å². The molecule has 0 radical (unpaired) electrons. The summed E-state index contributed by atoms with van der Waals surface area (Å²) >= 11 is 0. The molecule has 3 rings (SSSR count). The number of rotatable bonds is 5. The fourth-order valence-electron chi connectivity index (χ4n) is 3.64. The van der Waals surface area contributed by atoms with Crippen LogP contribution in [0.3, 0.4) is 0 Å². The molecule has 2 aromatic rings. The minimum Gasteiger partial charge on any atom is -0.444 e. The van der Waals surface area contributed by atoms with Gasteiger partial charge in [-0.2, -0.15) is 0 Å². The molecular formula is C23H30N4O4. The van der Waals surface area contributed by atoms with Crippen LogP contribution in [-0.4, -0.2) is 56.8 Å². The molecule has 1 fully saturated rings. The molecule has 166 valence electrons. The number of carbonyl (C=O) groups excluding carboxylic acids is 2. The maximum absolute atomic E-state index is 12.9. The van der Waals surface area contributed by atoms with Crippen LogP contribution in [0.1, 0.15) is 50.9 Å². The summed E-state index contributed by atoms with van der Waals surface area (Å²) in [7, 11) is 0. The van der Waals surface area contributed by atoms with E-state index >= 15 is 0 Å². The van der Waals surface area contributed by atoms with Crippen LogP contribution in [-0.2, 0) is 9.53 Å². The summed E-state index contributed by atoms with van der Waals surface area (Å²) in [5, 5.41) is 12.8. The summed E-state index contributed by atoms with van der Waals surface area (Å²) in [4.78, 5) is 35.5. The SMILES string of the molecule is Cc1nccnc1-c1ccc(C(CO)NC(=O)C2CCCN2C(=O)OC(C)(C)C)cc1. The molecule has 2 amide bonds. The molecule has 1 aromatic carbocycles. The molecule has 8 nitrogen and oxygen atoms in total. The van der Waals surface area contributed by atoms with Gasteiger partial charge in [-0.1, -0.05) is 24.3 Å². The first-order chi connectivity index (χ1) is 14.7. The molecule has 0 aliphatic carbocycles. The molecular weight excluding hydrogens is 396 g/mol. The van der Waals surface area contributed by atoms with E-state index in [1.165, 1.54) is 4.90 Å². The molecule has 2 heterocycles. The highest BCUT2D eigenvalue weighted by atomic mass is 16.6. The number of nitrogens with one attached hydrogen (secondary N) is 1. The summed E-state index contributed by atoms with van der Waals surface area (Å²) in [6.07, 6.45) is 4.09. The Hall–Kier alpha value is -3.00. The van der Waals surface area contributed by atoms with Crippen LogP contribution < -0.4 is 5.32 Å². The number of ether oxygens (including phenoxy) is 1. The van der Waals surface area contributed by atoms with Crippen LogP contribution in [0.2, 0.25) is 0 Å². The molecule has 1 aliphatic heterocycles. The van der Waals surface area contributed by atoms with Crippen molar-refractivity contribution in [2.45, 2.75) is 58.2 Å². The minimum atomic E-state index is -0.627. The second-order valence-electron chi connectivity index (χ2n) is 8.69. The third-order valence-electron chi connectivity index (χ3n) is 5.15. The maximum Gasteiger partial charge on any atom is 0.410 e. The van der Waals surface area contributed by atoms with E-state index in [9.17, 15) is 14.7 Å². The lowest BCUT2D eigenvalue weighted by Gasteiger charge is -2.29. The summed E-state index contributed by atoms with van der Waals surface area (Å²) in [5.74, 6) is -0.295. The van der Waals surface area contributed by atoms with Gasteiger partial charge < -0.3 is 15.2 Å². The van der Waals surface area contributed by atoms with E-state index in [-0.39, 0.29) is 12.5 Å². The third kappa shape index (κ3) is 5.58. The van der Waals surface area contributed by atoms with E-state index in [0.29, 0.717) is 13.0 Å². The Morgan fingerprint density at radius 2 is 1.90 bits per heavy atom. The fourth-order valence-corrected chi connectivity index (χ4v) is 3.64. The number of hydrogen-bond acceptors (Lipinski definition) is 6. The number of amides is 2. The Bertz CT molecular complexity index is 924. The van der Waals surface area contributed by atoms with Gasteiger partial charge >= 0.3 is 6.09 Å². The Morgan fingerprint density at radius 1 is 1.23 bits per heavy atom. The van der Waals surface area contributed by atoms with Gasteiger partial charge in [-0.15, -0.1) is 0 Å². The number of nitrogens with zero attached hydrogens (tertiary/aromatic N) is 3. The average Bonchev–Trinajstić information content (AvgIpc) is 3.22. The maximum atomic E-state index is 12.9. The van der Waals surface area contributed by atoms with Crippen molar-refractivity contribution in [3.63, 3.8) is 0 Å². The number of aliphatic hydroxyl groups is 1. The summed E-state index contributed by atoms with van der Waals surface area (Å²) in [6.45, 7) is 7.50. The average molecular weight is 427 g/mol.